The summed E-state index contributed by atoms with van der Waals surface area (Å²) in [6.45, 7) is 2.03. The number of aliphatic hydroxyl groups excluding tert-OH is 1. The molecule has 0 aliphatic heterocycles. The van der Waals surface area contributed by atoms with Crippen LogP contribution in [-0.4, -0.2) is 12.2 Å². The number of methoxy groups -OCH3 is 1. The molecule has 1 aromatic carbocycles. The lowest BCUT2D eigenvalue weighted by atomic mass is 10.0. The van der Waals surface area contributed by atoms with Crippen LogP contribution >= 0.6 is 0 Å². The van der Waals surface area contributed by atoms with Crippen LogP contribution in [0, 0.1) is 11.6 Å². The molecule has 0 bridgehead atoms. The van der Waals surface area contributed by atoms with Gasteiger partial charge in [0.15, 0.2) is 0 Å². The molecule has 0 aliphatic rings. The number of hydrogen-bond acceptors (Lipinski definition) is 2. The molecule has 1 rings (SSSR count). The second-order valence-electron chi connectivity index (χ2n) is 4.02. The molecule has 96 valence electrons. The maximum absolute atomic E-state index is 13.6. The van der Waals surface area contributed by atoms with E-state index in [9.17, 15) is 13.9 Å². The SMILES string of the molecule is CCCCCC(O)c1c(F)cc(OC)cc1F. The van der Waals surface area contributed by atoms with Gasteiger partial charge in [0.2, 0.25) is 0 Å². The Morgan fingerprint density at radius 3 is 2.29 bits per heavy atom. The van der Waals surface area contributed by atoms with Crippen molar-refractivity contribution in [1.82, 2.24) is 0 Å². The summed E-state index contributed by atoms with van der Waals surface area (Å²) in [6.07, 6.45) is 1.97. The lowest BCUT2D eigenvalue weighted by Gasteiger charge is -2.13. The quantitative estimate of drug-likeness (QED) is 0.775. The first-order chi connectivity index (χ1) is 8.10. The van der Waals surface area contributed by atoms with E-state index in [-0.39, 0.29) is 11.3 Å². The van der Waals surface area contributed by atoms with Crippen LogP contribution in [0.5, 0.6) is 5.75 Å². The van der Waals surface area contributed by atoms with Gasteiger partial charge in [-0.3, -0.25) is 0 Å². The van der Waals surface area contributed by atoms with Gasteiger partial charge in [-0.05, 0) is 6.42 Å². The van der Waals surface area contributed by atoms with Gasteiger partial charge in [0.1, 0.15) is 17.4 Å². The molecule has 4 heteroatoms. The average molecular weight is 244 g/mol. The second-order valence-corrected chi connectivity index (χ2v) is 4.02. The van der Waals surface area contributed by atoms with Crippen molar-refractivity contribution in [3.63, 3.8) is 0 Å². The Balaban J connectivity index is 2.82. The van der Waals surface area contributed by atoms with Crippen molar-refractivity contribution in [2.45, 2.75) is 38.7 Å². The summed E-state index contributed by atoms with van der Waals surface area (Å²) in [5.74, 6) is -1.40. The zero-order valence-electron chi connectivity index (χ0n) is 10.2. The lowest BCUT2D eigenvalue weighted by Crippen LogP contribution is -2.05. The van der Waals surface area contributed by atoms with E-state index in [0.29, 0.717) is 6.42 Å². The highest BCUT2D eigenvalue weighted by Crippen LogP contribution is 2.28. The Kier molecular flexibility index (Phi) is 5.35. The summed E-state index contributed by atoms with van der Waals surface area (Å²) >= 11 is 0. The van der Waals surface area contributed by atoms with Gasteiger partial charge < -0.3 is 9.84 Å². The van der Waals surface area contributed by atoms with E-state index in [1.54, 1.807) is 0 Å². The van der Waals surface area contributed by atoms with Crippen molar-refractivity contribution in [1.29, 1.82) is 0 Å². The average Bonchev–Trinajstić information content (AvgIpc) is 2.28. The first-order valence-electron chi connectivity index (χ1n) is 5.81. The van der Waals surface area contributed by atoms with Gasteiger partial charge in [-0.25, -0.2) is 8.78 Å². The molecular weight excluding hydrogens is 226 g/mol. The Morgan fingerprint density at radius 1 is 1.24 bits per heavy atom. The largest absolute Gasteiger partial charge is 0.497 e. The van der Waals surface area contributed by atoms with Crippen molar-refractivity contribution < 1.29 is 18.6 Å². The van der Waals surface area contributed by atoms with Crippen LogP contribution in [0.4, 0.5) is 8.78 Å². The van der Waals surface area contributed by atoms with Gasteiger partial charge in [-0.15, -0.1) is 0 Å². The highest BCUT2D eigenvalue weighted by Gasteiger charge is 2.19. The predicted octanol–water partition coefficient (Wildman–Crippen LogP) is 3.59. The molecule has 1 aromatic rings. The molecule has 0 fully saturated rings. The topological polar surface area (TPSA) is 29.5 Å². The van der Waals surface area contributed by atoms with Crippen molar-refractivity contribution in [3.05, 3.63) is 29.3 Å². The molecule has 0 aliphatic carbocycles. The van der Waals surface area contributed by atoms with Crippen LogP contribution < -0.4 is 4.74 Å². The van der Waals surface area contributed by atoms with Crippen LogP contribution in [0.3, 0.4) is 0 Å². The molecule has 0 spiro atoms. The maximum atomic E-state index is 13.6. The number of hydrogen-bond donors (Lipinski definition) is 1. The van der Waals surface area contributed by atoms with E-state index in [1.807, 2.05) is 6.92 Å². The summed E-state index contributed by atoms with van der Waals surface area (Å²) in [5.41, 5.74) is -0.262. The fraction of sp³-hybridized carbons (Fsp3) is 0.538. The van der Waals surface area contributed by atoms with Crippen LogP contribution in [0.1, 0.15) is 44.3 Å². The lowest BCUT2D eigenvalue weighted by molar-refractivity contribution is 0.154. The van der Waals surface area contributed by atoms with E-state index in [0.717, 1.165) is 31.4 Å². The van der Waals surface area contributed by atoms with Gasteiger partial charge in [0, 0.05) is 12.1 Å². The molecule has 0 heterocycles. The Bertz CT molecular complexity index is 343. The van der Waals surface area contributed by atoms with Gasteiger partial charge in [0.05, 0.1) is 18.8 Å². The van der Waals surface area contributed by atoms with Crippen molar-refractivity contribution in [2.24, 2.45) is 0 Å². The molecule has 0 amide bonds. The number of unbranched alkanes of at least 4 members (excludes halogenated alkanes) is 2. The minimum Gasteiger partial charge on any atom is -0.497 e. The van der Waals surface area contributed by atoms with Crippen LogP contribution in [0.2, 0.25) is 0 Å². The Labute approximate surface area is 100 Å². The highest BCUT2D eigenvalue weighted by molar-refractivity contribution is 5.31. The first-order valence-corrected chi connectivity index (χ1v) is 5.81. The molecule has 1 unspecified atom stereocenters. The number of rotatable bonds is 6. The minimum atomic E-state index is -1.09. The molecule has 2 nitrogen and oxygen atoms in total. The third-order valence-electron chi connectivity index (χ3n) is 2.70. The fourth-order valence-corrected chi connectivity index (χ4v) is 1.73. The van der Waals surface area contributed by atoms with Crippen LogP contribution in [0.15, 0.2) is 12.1 Å². The second kappa shape index (κ2) is 6.55. The third-order valence-corrected chi connectivity index (χ3v) is 2.70. The van der Waals surface area contributed by atoms with Gasteiger partial charge >= 0.3 is 0 Å². The van der Waals surface area contributed by atoms with Gasteiger partial charge in [-0.2, -0.15) is 0 Å². The van der Waals surface area contributed by atoms with Crippen LogP contribution in [0.25, 0.3) is 0 Å². The Morgan fingerprint density at radius 2 is 1.82 bits per heavy atom. The summed E-state index contributed by atoms with van der Waals surface area (Å²) in [5, 5.41) is 9.75. The highest BCUT2D eigenvalue weighted by atomic mass is 19.1. The molecule has 0 saturated carbocycles. The number of halogens is 2. The fourth-order valence-electron chi connectivity index (χ4n) is 1.73. The van der Waals surface area contributed by atoms with E-state index in [4.69, 9.17) is 4.74 Å². The minimum absolute atomic E-state index is 0.115. The first kappa shape index (κ1) is 13.9. The van der Waals surface area contributed by atoms with Crippen molar-refractivity contribution >= 4 is 0 Å². The molecular formula is C13H18F2O2. The normalized spacial score (nSPS) is 12.5. The maximum Gasteiger partial charge on any atom is 0.135 e. The molecule has 1 atom stereocenters. The predicted molar refractivity (Wildman–Crippen MR) is 62.0 cm³/mol. The van der Waals surface area contributed by atoms with Gasteiger partial charge in [-0.1, -0.05) is 26.2 Å². The summed E-state index contributed by atoms with van der Waals surface area (Å²) in [4.78, 5) is 0. The zero-order chi connectivity index (χ0) is 12.8. The Hall–Kier alpha value is -1.16. The number of benzene rings is 1. The van der Waals surface area contributed by atoms with Crippen molar-refractivity contribution in [2.75, 3.05) is 7.11 Å². The molecule has 0 saturated heterocycles. The number of aliphatic hydroxyl groups is 1. The van der Waals surface area contributed by atoms with Crippen molar-refractivity contribution in [3.8, 4) is 5.75 Å². The molecule has 1 N–H and O–H groups in total. The summed E-state index contributed by atoms with van der Waals surface area (Å²) in [7, 11) is 1.34. The van der Waals surface area contributed by atoms with Crippen LogP contribution in [-0.2, 0) is 0 Å². The summed E-state index contributed by atoms with van der Waals surface area (Å²) in [6, 6.07) is 2.17. The van der Waals surface area contributed by atoms with Gasteiger partial charge in [0.25, 0.3) is 0 Å². The summed E-state index contributed by atoms with van der Waals surface area (Å²) < 4.78 is 31.9. The smallest absolute Gasteiger partial charge is 0.135 e. The zero-order valence-corrected chi connectivity index (χ0v) is 10.2. The van der Waals surface area contributed by atoms with E-state index in [1.165, 1.54) is 7.11 Å². The number of ether oxygens (including phenoxy) is 1. The standard InChI is InChI=1S/C13H18F2O2/c1-3-4-5-6-12(16)13-10(14)7-9(17-2)8-11(13)15/h7-8,12,16H,3-6H2,1-2H3. The monoisotopic (exact) mass is 244 g/mol. The van der Waals surface area contributed by atoms with E-state index >= 15 is 0 Å². The third kappa shape index (κ3) is 3.66. The molecule has 0 radical (unpaired) electrons. The van der Waals surface area contributed by atoms with E-state index in [2.05, 4.69) is 0 Å². The van der Waals surface area contributed by atoms with E-state index < -0.39 is 17.7 Å². The molecule has 0 aromatic heterocycles. The molecule has 17 heavy (non-hydrogen) atoms.